The highest BCUT2D eigenvalue weighted by Gasteiger charge is 2.18. The van der Waals surface area contributed by atoms with Gasteiger partial charge in [0.15, 0.2) is 0 Å². The highest BCUT2D eigenvalue weighted by Crippen LogP contribution is 2.32. The molecule has 0 saturated heterocycles. The van der Waals surface area contributed by atoms with Crippen LogP contribution in [0.5, 0.6) is 0 Å². The second-order valence-corrected chi connectivity index (χ2v) is 3.15. The number of aromatic nitrogens is 1. The first-order chi connectivity index (χ1) is 5.79. The third kappa shape index (κ3) is 1.13. The minimum atomic E-state index is -0.497. The summed E-state index contributed by atoms with van der Waals surface area (Å²) in [7, 11) is 0. The lowest BCUT2D eigenvalue weighted by Gasteiger charge is -2.16. The van der Waals surface area contributed by atoms with Gasteiger partial charge < -0.3 is 5.11 Å². The summed E-state index contributed by atoms with van der Waals surface area (Å²) >= 11 is 5.92. The number of rotatable bonds is 0. The Morgan fingerprint density at radius 1 is 1.58 bits per heavy atom. The van der Waals surface area contributed by atoms with E-state index in [9.17, 15) is 5.11 Å². The summed E-state index contributed by atoms with van der Waals surface area (Å²) in [6.45, 7) is 0. The van der Waals surface area contributed by atoms with Crippen LogP contribution in [-0.4, -0.2) is 10.1 Å². The third-order valence-corrected chi connectivity index (χ3v) is 2.29. The van der Waals surface area contributed by atoms with Crippen LogP contribution in [0.4, 0.5) is 0 Å². The van der Waals surface area contributed by atoms with Crippen LogP contribution in [0.2, 0.25) is 0 Å². The molecular weight excluding hydrogens is 174 g/mol. The van der Waals surface area contributed by atoms with Crippen LogP contribution < -0.4 is 0 Å². The second kappa shape index (κ2) is 2.88. The molecule has 1 aliphatic carbocycles. The molecule has 0 aliphatic heterocycles. The van der Waals surface area contributed by atoms with Gasteiger partial charge in [0.1, 0.15) is 6.10 Å². The molecule has 1 aromatic rings. The Bertz CT molecular complexity index is 335. The monoisotopic (exact) mass is 181 g/mol. The number of hydrogen-bond acceptors (Lipinski definition) is 2. The SMILES string of the molecule is O[C@H]1CC=C(Cl)c2cccnc21. The number of aliphatic hydroxyl groups excluding tert-OH is 1. The van der Waals surface area contributed by atoms with Gasteiger partial charge in [0.2, 0.25) is 0 Å². The Morgan fingerprint density at radius 2 is 2.42 bits per heavy atom. The van der Waals surface area contributed by atoms with Crippen LogP contribution in [0.3, 0.4) is 0 Å². The van der Waals surface area contributed by atoms with Gasteiger partial charge in [0.25, 0.3) is 0 Å². The average molecular weight is 182 g/mol. The third-order valence-electron chi connectivity index (χ3n) is 1.93. The highest BCUT2D eigenvalue weighted by atomic mass is 35.5. The van der Waals surface area contributed by atoms with Crippen molar-refractivity contribution >= 4 is 16.6 Å². The van der Waals surface area contributed by atoms with Crippen molar-refractivity contribution in [3.05, 3.63) is 35.7 Å². The van der Waals surface area contributed by atoms with Gasteiger partial charge in [-0.05, 0) is 12.5 Å². The molecule has 1 aromatic heterocycles. The molecule has 3 heteroatoms. The Morgan fingerprint density at radius 3 is 3.17 bits per heavy atom. The van der Waals surface area contributed by atoms with E-state index >= 15 is 0 Å². The molecule has 62 valence electrons. The van der Waals surface area contributed by atoms with Gasteiger partial charge in [0, 0.05) is 16.8 Å². The van der Waals surface area contributed by atoms with E-state index in [-0.39, 0.29) is 0 Å². The van der Waals surface area contributed by atoms with Gasteiger partial charge in [-0.1, -0.05) is 23.7 Å². The van der Waals surface area contributed by atoms with Crippen LogP contribution in [0.1, 0.15) is 23.8 Å². The van der Waals surface area contributed by atoms with E-state index in [0.29, 0.717) is 17.1 Å². The molecule has 0 amide bonds. The zero-order valence-corrected chi connectivity index (χ0v) is 7.12. The summed E-state index contributed by atoms with van der Waals surface area (Å²) < 4.78 is 0. The molecular formula is C9H8ClNO. The smallest absolute Gasteiger partial charge is 0.100 e. The van der Waals surface area contributed by atoms with Crippen molar-refractivity contribution in [3.8, 4) is 0 Å². The fourth-order valence-corrected chi connectivity index (χ4v) is 1.57. The van der Waals surface area contributed by atoms with Crippen LogP contribution in [0.15, 0.2) is 24.4 Å². The van der Waals surface area contributed by atoms with E-state index in [1.165, 1.54) is 0 Å². The molecule has 0 bridgehead atoms. The molecule has 1 heterocycles. The van der Waals surface area contributed by atoms with Crippen LogP contribution in [0, 0.1) is 0 Å². The maximum atomic E-state index is 9.51. The standard InChI is InChI=1S/C9H8ClNO/c10-7-3-4-8(12)9-6(7)2-1-5-11-9/h1-3,5,8,12H,4H2/t8-/m0/s1. The van der Waals surface area contributed by atoms with Crippen molar-refractivity contribution < 1.29 is 5.11 Å². The lowest BCUT2D eigenvalue weighted by atomic mass is 10.0. The first kappa shape index (κ1) is 7.77. The van der Waals surface area contributed by atoms with Gasteiger partial charge in [0.05, 0.1) is 5.69 Å². The molecule has 2 rings (SSSR count). The van der Waals surface area contributed by atoms with Crippen molar-refractivity contribution in [1.29, 1.82) is 0 Å². The van der Waals surface area contributed by atoms with E-state index < -0.39 is 6.10 Å². The first-order valence-corrected chi connectivity index (χ1v) is 4.16. The zero-order valence-electron chi connectivity index (χ0n) is 6.37. The number of pyridine rings is 1. The molecule has 1 atom stereocenters. The molecule has 0 unspecified atom stereocenters. The predicted octanol–water partition coefficient (Wildman–Crippen LogP) is 2.10. The lowest BCUT2D eigenvalue weighted by Crippen LogP contribution is -2.06. The van der Waals surface area contributed by atoms with E-state index in [2.05, 4.69) is 4.98 Å². The van der Waals surface area contributed by atoms with E-state index in [1.54, 1.807) is 6.20 Å². The largest absolute Gasteiger partial charge is 0.386 e. The van der Waals surface area contributed by atoms with Crippen molar-refractivity contribution in [3.63, 3.8) is 0 Å². The van der Waals surface area contributed by atoms with Gasteiger partial charge in [-0.15, -0.1) is 0 Å². The summed E-state index contributed by atoms with van der Waals surface area (Å²) in [6.07, 6.45) is 3.54. The summed E-state index contributed by atoms with van der Waals surface area (Å²) in [5.41, 5.74) is 1.53. The number of aliphatic hydroxyl groups is 1. The average Bonchev–Trinajstić information content (AvgIpc) is 2.12. The number of hydrogen-bond donors (Lipinski definition) is 1. The first-order valence-electron chi connectivity index (χ1n) is 3.78. The van der Waals surface area contributed by atoms with Crippen molar-refractivity contribution in [2.75, 3.05) is 0 Å². The van der Waals surface area contributed by atoms with E-state index in [1.807, 2.05) is 18.2 Å². The number of halogens is 1. The molecule has 1 N–H and O–H groups in total. The van der Waals surface area contributed by atoms with Gasteiger partial charge in [-0.3, -0.25) is 4.98 Å². The normalized spacial score (nSPS) is 21.5. The van der Waals surface area contributed by atoms with Crippen molar-refractivity contribution in [1.82, 2.24) is 4.98 Å². The molecule has 0 radical (unpaired) electrons. The Labute approximate surface area is 75.5 Å². The van der Waals surface area contributed by atoms with Gasteiger partial charge in [-0.2, -0.15) is 0 Å². The van der Waals surface area contributed by atoms with Gasteiger partial charge in [-0.25, -0.2) is 0 Å². The lowest BCUT2D eigenvalue weighted by molar-refractivity contribution is 0.175. The molecule has 2 nitrogen and oxygen atoms in total. The van der Waals surface area contributed by atoms with Crippen molar-refractivity contribution in [2.45, 2.75) is 12.5 Å². The van der Waals surface area contributed by atoms with Crippen LogP contribution in [0.25, 0.3) is 5.03 Å². The quantitative estimate of drug-likeness (QED) is 0.665. The maximum Gasteiger partial charge on any atom is 0.100 e. The fraction of sp³-hybridized carbons (Fsp3) is 0.222. The fourth-order valence-electron chi connectivity index (χ4n) is 1.32. The van der Waals surface area contributed by atoms with Crippen LogP contribution in [-0.2, 0) is 0 Å². The summed E-state index contributed by atoms with van der Waals surface area (Å²) in [5, 5.41) is 10.2. The maximum absolute atomic E-state index is 9.51. The van der Waals surface area contributed by atoms with E-state index in [4.69, 9.17) is 11.6 Å². The predicted molar refractivity (Wildman–Crippen MR) is 47.6 cm³/mol. The summed E-state index contributed by atoms with van der Waals surface area (Å²) in [4.78, 5) is 4.08. The Balaban J connectivity index is 2.58. The Kier molecular flexibility index (Phi) is 1.87. The van der Waals surface area contributed by atoms with E-state index in [0.717, 1.165) is 5.56 Å². The molecule has 1 aliphatic rings. The topological polar surface area (TPSA) is 33.1 Å². The second-order valence-electron chi connectivity index (χ2n) is 2.74. The summed E-state index contributed by atoms with van der Waals surface area (Å²) in [5.74, 6) is 0. The van der Waals surface area contributed by atoms with Crippen molar-refractivity contribution in [2.24, 2.45) is 0 Å². The molecule has 0 fully saturated rings. The minimum absolute atomic E-state index is 0.497. The minimum Gasteiger partial charge on any atom is -0.386 e. The summed E-state index contributed by atoms with van der Waals surface area (Å²) in [6, 6.07) is 3.68. The number of fused-ring (bicyclic) bond motifs is 1. The Hall–Kier alpha value is -0.860. The molecule has 0 spiro atoms. The molecule has 12 heavy (non-hydrogen) atoms. The highest BCUT2D eigenvalue weighted by molar-refractivity contribution is 6.49. The number of nitrogens with zero attached hydrogens (tertiary/aromatic N) is 1. The molecule has 0 saturated carbocycles. The zero-order chi connectivity index (χ0) is 8.55. The van der Waals surface area contributed by atoms with Gasteiger partial charge >= 0.3 is 0 Å². The van der Waals surface area contributed by atoms with Crippen LogP contribution >= 0.6 is 11.6 Å². The molecule has 0 aromatic carbocycles.